The maximum Gasteiger partial charge on any atom is 0.0409 e. The highest BCUT2D eigenvalue weighted by Crippen LogP contribution is 2.32. The summed E-state index contributed by atoms with van der Waals surface area (Å²) >= 11 is 6.14. The van der Waals surface area contributed by atoms with E-state index >= 15 is 0 Å². The second kappa shape index (κ2) is 7.91. The highest BCUT2D eigenvalue weighted by molar-refractivity contribution is 6.30. The van der Waals surface area contributed by atoms with E-state index in [1.165, 1.54) is 50.5 Å². The molecule has 1 atom stereocenters. The molecule has 1 nitrogen and oxygen atoms in total. The fourth-order valence-electron chi connectivity index (χ4n) is 3.14. The van der Waals surface area contributed by atoms with Gasteiger partial charge in [-0.15, -0.1) is 0 Å². The zero-order chi connectivity index (χ0) is 13.5. The third kappa shape index (κ3) is 4.81. The van der Waals surface area contributed by atoms with Gasteiger partial charge in [-0.2, -0.15) is 0 Å². The summed E-state index contributed by atoms with van der Waals surface area (Å²) in [6.07, 6.45) is 9.53. The molecule has 1 fully saturated rings. The Balaban J connectivity index is 2.01. The molecule has 0 aliphatic heterocycles. The van der Waals surface area contributed by atoms with E-state index in [4.69, 9.17) is 11.6 Å². The predicted octanol–water partition coefficient (Wildman–Crippen LogP) is 5.35. The molecule has 0 amide bonds. The molecule has 1 aromatic rings. The molecule has 2 rings (SSSR count). The van der Waals surface area contributed by atoms with Crippen LogP contribution in [0.4, 0.5) is 0 Å². The summed E-state index contributed by atoms with van der Waals surface area (Å²) < 4.78 is 0. The molecule has 1 aromatic carbocycles. The molecule has 0 radical (unpaired) electrons. The summed E-state index contributed by atoms with van der Waals surface area (Å²) in [6.45, 7) is 3.31. The summed E-state index contributed by atoms with van der Waals surface area (Å²) in [5.74, 6) is 0.891. The summed E-state index contributed by atoms with van der Waals surface area (Å²) in [7, 11) is 0. The van der Waals surface area contributed by atoms with Crippen LogP contribution in [0.3, 0.4) is 0 Å². The minimum atomic E-state index is 0.474. The molecular weight excluding hydrogens is 254 g/mol. The van der Waals surface area contributed by atoms with Crippen molar-refractivity contribution in [3.05, 3.63) is 34.9 Å². The molecule has 2 heteroatoms. The van der Waals surface area contributed by atoms with Crippen molar-refractivity contribution in [2.45, 2.75) is 57.9 Å². The molecule has 0 bridgehead atoms. The summed E-state index contributed by atoms with van der Waals surface area (Å²) in [6, 6.07) is 8.84. The van der Waals surface area contributed by atoms with Crippen molar-refractivity contribution in [1.82, 2.24) is 5.32 Å². The number of halogens is 1. The molecule has 0 aromatic heterocycles. The molecule has 106 valence electrons. The van der Waals surface area contributed by atoms with Crippen molar-refractivity contribution in [3.8, 4) is 0 Å². The van der Waals surface area contributed by atoms with E-state index in [0.29, 0.717) is 6.04 Å². The first kappa shape index (κ1) is 14.9. The Hall–Kier alpha value is -0.530. The van der Waals surface area contributed by atoms with E-state index < -0.39 is 0 Å². The van der Waals surface area contributed by atoms with Gasteiger partial charge in [-0.3, -0.25) is 0 Å². The Morgan fingerprint density at radius 1 is 1.26 bits per heavy atom. The van der Waals surface area contributed by atoms with Crippen molar-refractivity contribution in [3.63, 3.8) is 0 Å². The van der Waals surface area contributed by atoms with Crippen molar-refractivity contribution < 1.29 is 0 Å². The van der Waals surface area contributed by atoms with E-state index in [1.54, 1.807) is 0 Å². The minimum Gasteiger partial charge on any atom is -0.310 e. The maximum atomic E-state index is 6.14. The highest BCUT2D eigenvalue weighted by atomic mass is 35.5. The monoisotopic (exact) mass is 279 g/mol. The zero-order valence-corrected chi connectivity index (χ0v) is 12.8. The third-order valence-corrected chi connectivity index (χ3v) is 4.42. The van der Waals surface area contributed by atoms with Crippen molar-refractivity contribution in [1.29, 1.82) is 0 Å². The van der Waals surface area contributed by atoms with Crippen LogP contribution in [0.15, 0.2) is 24.3 Å². The lowest BCUT2D eigenvalue weighted by Crippen LogP contribution is -2.25. The van der Waals surface area contributed by atoms with Gasteiger partial charge in [-0.1, -0.05) is 62.8 Å². The quantitative estimate of drug-likeness (QED) is 0.740. The molecule has 1 unspecified atom stereocenters. The lowest BCUT2D eigenvalue weighted by molar-refractivity contribution is 0.300. The molecule has 1 saturated carbocycles. The normalized spacial score (nSPS) is 18.4. The fourth-order valence-corrected chi connectivity index (χ4v) is 3.33. The Morgan fingerprint density at radius 3 is 2.74 bits per heavy atom. The van der Waals surface area contributed by atoms with Crippen LogP contribution < -0.4 is 5.32 Å². The smallest absolute Gasteiger partial charge is 0.0409 e. The molecule has 0 spiro atoms. The van der Waals surface area contributed by atoms with Gasteiger partial charge in [-0.05, 0) is 43.0 Å². The van der Waals surface area contributed by atoms with Crippen LogP contribution >= 0.6 is 11.6 Å². The van der Waals surface area contributed by atoms with Crippen LogP contribution in [-0.2, 0) is 0 Å². The van der Waals surface area contributed by atoms with Gasteiger partial charge >= 0.3 is 0 Å². The average molecular weight is 280 g/mol. The van der Waals surface area contributed by atoms with Gasteiger partial charge in [0.25, 0.3) is 0 Å². The van der Waals surface area contributed by atoms with E-state index in [0.717, 1.165) is 17.5 Å². The first-order valence-corrected chi connectivity index (χ1v) is 8.16. The van der Waals surface area contributed by atoms with Gasteiger partial charge in [0.05, 0.1) is 0 Å². The van der Waals surface area contributed by atoms with Crippen LogP contribution in [0.25, 0.3) is 0 Å². The first-order chi connectivity index (χ1) is 9.29. The molecule has 0 saturated heterocycles. The average Bonchev–Trinajstić information content (AvgIpc) is 2.44. The van der Waals surface area contributed by atoms with Crippen molar-refractivity contribution in [2.24, 2.45) is 5.92 Å². The third-order valence-electron chi connectivity index (χ3n) is 4.19. The lowest BCUT2D eigenvalue weighted by Gasteiger charge is -2.27. The van der Waals surface area contributed by atoms with Crippen LogP contribution in [-0.4, -0.2) is 6.54 Å². The zero-order valence-electron chi connectivity index (χ0n) is 12.0. The van der Waals surface area contributed by atoms with Crippen LogP contribution in [0.1, 0.15) is 63.5 Å². The second-order valence-electron chi connectivity index (χ2n) is 5.80. The van der Waals surface area contributed by atoms with Crippen molar-refractivity contribution in [2.75, 3.05) is 6.54 Å². The summed E-state index contributed by atoms with van der Waals surface area (Å²) in [4.78, 5) is 0. The summed E-state index contributed by atoms with van der Waals surface area (Å²) in [5.41, 5.74) is 1.35. The molecule has 19 heavy (non-hydrogen) atoms. The van der Waals surface area contributed by atoms with Gasteiger partial charge in [0.2, 0.25) is 0 Å². The Kier molecular flexibility index (Phi) is 6.19. The number of nitrogens with one attached hydrogen (secondary N) is 1. The standard InChI is InChI=1S/C17H26ClN/c1-2-11-19-17(12-14-7-4-3-5-8-14)15-9-6-10-16(18)13-15/h6,9-10,13-14,17,19H,2-5,7-8,11-12H2,1H3. The minimum absolute atomic E-state index is 0.474. The Bertz CT molecular complexity index is 371. The lowest BCUT2D eigenvalue weighted by atomic mass is 9.83. The van der Waals surface area contributed by atoms with E-state index in [-0.39, 0.29) is 0 Å². The summed E-state index contributed by atoms with van der Waals surface area (Å²) in [5, 5.41) is 4.55. The highest BCUT2D eigenvalue weighted by Gasteiger charge is 2.19. The predicted molar refractivity (Wildman–Crippen MR) is 83.7 cm³/mol. The van der Waals surface area contributed by atoms with Crippen LogP contribution in [0.5, 0.6) is 0 Å². The van der Waals surface area contributed by atoms with E-state index in [1.807, 2.05) is 6.07 Å². The number of rotatable bonds is 6. The van der Waals surface area contributed by atoms with Gasteiger partial charge in [0.1, 0.15) is 0 Å². The molecule has 1 aliphatic carbocycles. The molecule has 1 N–H and O–H groups in total. The van der Waals surface area contributed by atoms with Gasteiger partial charge < -0.3 is 5.32 Å². The van der Waals surface area contributed by atoms with Gasteiger partial charge in [0.15, 0.2) is 0 Å². The van der Waals surface area contributed by atoms with Gasteiger partial charge in [-0.25, -0.2) is 0 Å². The Labute approximate surface area is 122 Å². The maximum absolute atomic E-state index is 6.14. The van der Waals surface area contributed by atoms with E-state index in [9.17, 15) is 0 Å². The topological polar surface area (TPSA) is 12.0 Å². The van der Waals surface area contributed by atoms with Crippen LogP contribution in [0.2, 0.25) is 5.02 Å². The number of hydrogen-bond donors (Lipinski definition) is 1. The fraction of sp³-hybridized carbons (Fsp3) is 0.647. The molecular formula is C17H26ClN. The molecule has 1 aliphatic rings. The van der Waals surface area contributed by atoms with E-state index in [2.05, 4.69) is 30.4 Å². The Morgan fingerprint density at radius 2 is 2.05 bits per heavy atom. The van der Waals surface area contributed by atoms with Crippen molar-refractivity contribution >= 4 is 11.6 Å². The number of benzene rings is 1. The molecule has 0 heterocycles. The first-order valence-electron chi connectivity index (χ1n) is 7.78. The second-order valence-corrected chi connectivity index (χ2v) is 6.24. The largest absolute Gasteiger partial charge is 0.310 e. The SMILES string of the molecule is CCCNC(CC1CCCCC1)c1cccc(Cl)c1. The van der Waals surface area contributed by atoms with Gasteiger partial charge in [0, 0.05) is 11.1 Å². The number of hydrogen-bond acceptors (Lipinski definition) is 1. The van der Waals surface area contributed by atoms with Crippen LogP contribution in [0, 0.1) is 5.92 Å².